The van der Waals surface area contributed by atoms with Gasteiger partial charge in [0.15, 0.2) is 0 Å². The highest BCUT2D eigenvalue weighted by atomic mass is 19.1. The lowest BCUT2D eigenvalue weighted by Gasteiger charge is -2.27. The molecule has 0 aliphatic rings. The van der Waals surface area contributed by atoms with E-state index in [1.54, 1.807) is 31.1 Å². The summed E-state index contributed by atoms with van der Waals surface area (Å²) in [5.41, 5.74) is 0.846. The van der Waals surface area contributed by atoms with Gasteiger partial charge in [-0.05, 0) is 13.0 Å². The van der Waals surface area contributed by atoms with Gasteiger partial charge in [0.05, 0.1) is 25.0 Å². The van der Waals surface area contributed by atoms with Gasteiger partial charge in [-0.15, -0.1) is 0 Å². The van der Waals surface area contributed by atoms with E-state index in [-0.39, 0.29) is 6.61 Å². The Balaban J connectivity index is 3.08. The average molecular weight is 257 g/mol. The number of methoxy groups -OCH3 is 1. The Morgan fingerprint density at radius 1 is 1.39 bits per heavy atom. The molecule has 1 unspecified atom stereocenters. The Morgan fingerprint density at radius 2 is 2.11 bits per heavy atom. The molecule has 0 saturated heterocycles. The van der Waals surface area contributed by atoms with Crippen molar-refractivity contribution in [2.75, 3.05) is 38.3 Å². The first-order valence-corrected chi connectivity index (χ1v) is 5.93. The standard InChI is InChI=1S/C13H20FNO3/c1-10(17)11-4-3-5-12(14)13(11)15(6-8-16)7-9-18-2/h3-5,10,16-17H,6-9H2,1-2H3. The SMILES string of the molecule is COCCN(CCO)c1c(F)cccc1C(C)O. The molecule has 0 aliphatic carbocycles. The van der Waals surface area contributed by atoms with E-state index in [2.05, 4.69) is 0 Å². The van der Waals surface area contributed by atoms with Crippen molar-refractivity contribution in [1.82, 2.24) is 0 Å². The van der Waals surface area contributed by atoms with E-state index in [1.165, 1.54) is 6.07 Å². The average Bonchev–Trinajstić information content (AvgIpc) is 2.34. The summed E-state index contributed by atoms with van der Waals surface area (Å²) < 4.78 is 18.9. The number of rotatable bonds is 7. The molecule has 0 aliphatic heterocycles. The molecule has 0 fully saturated rings. The molecule has 1 atom stereocenters. The number of benzene rings is 1. The Labute approximate surface area is 107 Å². The predicted octanol–water partition coefficient (Wildman–Crippen LogP) is 1.32. The number of anilines is 1. The predicted molar refractivity (Wildman–Crippen MR) is 68.2 cm³/mol. The van der Waals surface area contributed by atoms with Crippen molar-refractivity contribution >= 4 is 5.69 Å². The van der Waals surface area contributed by atoms with Crippen LogP contribution in [-0.2, 0) is 4.74 Å². The van der Waals surface area contributed by atoms with Gasteiger partial charge in [-0.25, -0.2) is 4.39 Å². The zero-order chi connectivity index (χ0) is 13.5. The molecule has 1 aromatic rings. The lowest BCUT2D eigenvalue weighted by atomic mass is 10.1. The van der Waals surface area contributed by atoms with E-state index in [0.29, 0.717) is 30.9 Å². The number of aliphatic hydroxyl groups excluding tert-OH is 2. The number of nitrogens with zero attached hydrogens (tertiary/aromatic N) is 1. The monoisotopic (exact) mass is 257 g/mol. The van der Waals surface area contributed by atoms with Crippen LogP contribution in [0.5, 0.6) is 0 Å². The minimum Gasteiger partial charge on any atom is -0.395 e. The van der Waals surface area contributed by atoms with Crippen LogP contribution in [0, 0.1) is 5.82 Å². The highest BCUT2D eigenvalue weighted by molar-refractivity contribution is 5.55. The van der Waals surface area contributed by atoms with Crippen LogP contribution in [0.15, 0.2) is 18.2 Å². The van der Waals surface area contributed by atoms with Crippen LogP contribution in [0.4, 0.5) is 10.1 Å². The zero-order valence-corrected chi connectivity index (χ0v) is 10.8. The van der Waals surface area contributed by atoms with E-state index in [1.807, 2.05) is 0 Å². The smallest absolute Gasteiger partial charge is 0.146 e. The van der Waals surface area contributed by atoms with Gasteiger partial charge in [0, 0.05) is 25.8 Å². The van der Waals surface area contributed by atoms with Crippen molar-refractivity contribution in [2.45, 2.75) is 13.0 Å². The fourth-order valence-corrected chi connectivity index (χ4v) is 1.86. The first-order valence-electron chi connectivity index (χ1n) is 5.93. The molecule has 0 amide bonds. The van der Waals surface area contributed by atoms with Gasteiger partial charge >= 0.3 is 0 Å². The summed E-state index contributed by atoms with van der Waals surface area (Å²) in [6.45, 7) is 2.68. The molecule has 4 nitrogen and oxygen atoms in total. The van der Waals surface area contributed by atoms with Crippen LogP contribution in [-0.4, -0.2) is 43.6 Å². The molecule has 5 heteroatoms. The van der Waals surface area contributed by atoms with Gasteiger partial charge in [-0.1, -0.05) is 12.1 Å². The van der Waals surface area contributed by atoms with E-state index in [4.69, 9.17) is 9.84 Å². The summed E-state index contributed by atoms with van der Waals surface area (Å²) in [6, 6.07) is 4.59. The number of hydrogen-bond acceptors (Lipinski definition) is 4. The summed E-state index contributed by atoms with van der Waals surface area (Å²) in [5, 5.41) is 18.7. The van der Waals surface area contributed by atoms with Crippen molar-refractivity contribution < 1.29 is 19.3 Å². The maximum atomic E-state index is 13.9. The molecule has 0 heterocycles. The quantitative estimate of drug-likeness (QED) is 0.773. The van der Waals surface area contributed by atoms with Crippen LogP contribution in [0.2, 0.25) is 0 Å². The molecule has 102 valence electrons. The van der Waals surface area contributed by atoms with E-state index in [0.717, 1.165) is 0 Å². The van der Waals surface area contributed by atoms with E-state index < -0.39 is 11.9 Å². The first kappa shape index (κ1) is 14.9. The Bertz CT molecular complexity index is 371. The minimum atomic E-state index is -0.764. The third-order valence-electron chi connectivity index (χ3n) is 2.72. The second-order valence-electron chi connectivity index (χ2n) is 4.06. The molecule has 0 saturated carbocycles. The second kappa shape index (κ2) is 7.31. The van der Waals surface area contributed by atoms with Crippen LogP contribution >= 0.6 is 0 Å². The number of ether oxygens (including phenoxy) is 1. The molecular formula is C13H20FNO3. The fraction of sp³-hybridized carbons (Fsp3) is 0.538. The van der Waals surface area contributed by atoms with Crippen molar-refractivity contribution in [3.05, 3.63) is 29.6 Å². The minimum absolute atomic E-state index is 0.0860. The molecule has 2 N–H and O–H groups in total. The largest absolute Gasteiger partial charge is 0.395 e. The molecule has 0 radical (unpaired) electrons. The number of halogens is 1. The molecule has 1 rings (SSSR count). The van der Waals surface area contributed by atoms with Crippen molar-refractivity contribution in [1.29, 1.82) is 0 Å². The molecular weight excluding hydrogens is 237 g/mol. The van der Waals surface area contributed by atoms with Crippen LogP contribution in [0.3, 0.4) is 0 Å². The topological polar surface area (TPSA) is 52.9 Å². The van der Waals surface area contributed by atoms with Crippen molar-refractivity contribution in [3.63, 3.8) is 0 Å². The third-order valence-corrected chi connectivity index (χ3v) is 2.72. The maximum absolute atomic E-state index is 13.9. The summed E-state index contributed by atoms with van der Waals surface area (Å²) in [7, 11) is 1.56. The van der Waals surface area contributed by atoms with Crippen molar-refractivity contribution in [2.24, 2.45) is 0 Å². The summed E-state index contributed by atoms with van der Waals surface area (Å²) >= 11 is 0. The van der Waals surface area contributed by atoms with Gasteiger partial charge < -0.3 is 19.8 Å². The maximum Gasteiger partial charge on any atom is 0.146 e. The molecule has 0 spiro atoms. The highest BCUT2D eigenvalue weighted by Crippen LogP contribution is 2.29. The lowest BCUT2D eigenvalue weighted by Crippen LogP contribution is -2.32. The molecule has 0 bridgehead atoms. The Kier molecular flexibility index (Phi) is 6.04. The van der Waals surface area contributed by atoms with E-state index in [9.17, 15) is 9.50 Å². The number of aliphatic hydroxyl groups is 2. The Hall–Kier alpha value is -1.17. The van der Waals surface area contributed by atoms with Gasteiger partial charge in [-0.2, -0.15) is 0 Å². The second-order valence-corrected chi connectivity index (χ2v) is 4.06. The molecule has 0 aromatic heterocycles. The third kappa shape index (κ3) is 3.66. The van der Waals surface area contributed by atoms with Gasteiger partial charge in [0.2, 0.25) is 0 Å². The van der Waals surface area contributed by atoms with Gasteiger partial charge in [0.25, 0.3) is 0 Å². The van der Waals surface area contributed by atoms with Gasteiger partial charge in [-0.3, -0.25) is 0 Å². The van der Waals surface area contributed by atoms with Gasteiger partial charge in [0.1, 0.15) is 5.82 Å². The van der Waals surface area contributed by atoms with Crippen molar-refractivity contribution in [3.8, 4) is 0 Å². The first-order chi connectivity index (χ1) is 8.61. The van der Waals surface area contributed by atoms with Crippen LogP contribution in [0.1, 0.15) is 18.6 Å². The summed E-state index contributed by atoms with van der Waals surface area (Å²) in [5.74, 6) is -0.405. The Morgan fingerprint density at radius 3 is 2.67 bits per heavy atom. The molecule has 1 aromatic carbocycles. The summed E-state index contributed by atoms with van der Waals surface area (Å²) in [4.78, 5) is 1.68. The highest BCUT2D eigenvalue weighted by Gasteiger charge is 2.18. The number of hydrogen-bond donors (Lipinski definition) is 2. The number of para-hydroxylation sites is 1. The van der Waals surface area contributed by atoms with Crippen LogP contribution in [0.25, 0.3) is 0 Å². The molecule has 18 heavy (non-hydrogen) atoms. The summed E-state index contributed by atoms with van der Waals surface area (Å²) in [6.07, 6.45) is -0.764. The van der Waals surface area contributed by atoms with E-state index >= 15 is 0 Å². The lowest BCUT2D eigenvalue weighted by molar-refractivity contribution is 0.195. The zero-order valence-electron chi connectivity index (χ0n) is 10.8. The fourth-order valence-electron chi connectivity index (χ4n) is 1.86. The van der Waals surface area contributed by atoms with Crippen LogP contribution < -0.4 is 4.90 Å². The normalized spacial score (nSPS) is 12.5.